The minimum absolute atomic E-state index is 0.0200. The van der Waals surface area contributed by atoms with Gasteiger partial charge in [0.2, 0.25) is 0 Å². The van der Waals surface area contributed by atoms with Crippen molar-refractivity contribution in [3.63, 3.8) is 0 Å². The van der Waals surface area contributed by atoms with Crippen molar-refractivity contribution in [2.45, 2.75) is 18.9 Å². The normalized spacial score (nSPS) is 14.2. The average molecular weight is 445 g/mol. The van der Waals surface area contributed by atoms with Gasteiger partial charge in [0.15, 0.2) is 0 Å². The Kier molecular flexibility index (Phi) is 6.65. The van der Waals surface area contributed by atoms with Gasteiger partial charge >= 0.3 is 6.03 Å². The molecule has 1 aliphatic heterocycles. The molecule has 2 aromatic rings. The summed E-state index contributed by atoms with van der Waals surface area (Å²) in [5.41, 5.74) is 5.92. The van der Waals surface area contributed by atoms with Crippen LogP contribution >= 0.6 is 15.9 Å². The van der Waals surface area contributed by atoms with Crippen LogP contribution in [0.5, 0.6) is 0 Å². The van der Waals surface area contributed by atoms with E-state index in [4.69, 9.17) is 0 Å². The highest BCUT2D eigenvalue weighted by atomic mass is 79.9. The van der Waals surface area contributed by atoms with E-state index in [0.29, 0.717) is 41.5 Å². The van der Waals surface area contributed by atoms with Crippen LogP contribution in [0.25, 0.3) is 0 Å². The SMILES string of the molecule is O=C(NC1CCN(C(=O)NNC(=O)c2ccccc2Br)CC1)c1ccccc1. The number of rotatable bonds is 3. The first-order chi connectivity index (χ1) is 13.5. The summed E-state index contributed by atoms with van der Waals surface area (Å²) in [5.74, 6) is -0.505. The number of piperidine rings is 1. The van der Waals surface area contributed by atoms with Crippen LogP contribution in [0.3, 0.4) is 0 Å². The van der Waals surface area contributed by atoms with Crippen LogP contribution in [0.15, 0.2) is 59.1 Å². The molecule has 7 nitrogen and oxygen atoms in total. The number of nitrogens with one attached hydrogen (secondary N) is 3. The molecule has 4 amide bonds. The summed E-state index contributed by atoms with van der Waals surface area (Å²) in [4.78, 5) is 38.2. The summed E-state index contributed by atoms with van der Waals surface area (Å²) < 4.78 is 0.650. The zero-order valence-electron chi connectivity index (χ0n) is 15.2. The first kappa shape index (κ1) is 19.9. The van der Waals surface area contributed by atoms with E-state index < -0.39 is 5.91 Å². The second-order valence-electron chi connectivity index (χ2n) is 6.46. The molecule has 3 rings (SSSR count). The van der Waals surface area contributed by atoms with Gasteiger partial charge in [-0.25, -0.2) is 10.2 Å². The van der Waals surface area contributed by atoms with Crippen molar-refractivity contribution in [1.82, 2.24) is 21.1 Å². The molecule has 1 fully saturated rings. The number of likely N-dealkylation sites (tertiary alicyclic amines) is 1. The van der Waals surface area contributed by atoms with Gasteiger partial charge in [0, 0.05) is 29.2 Å². The fraction of sp³-hybridized carbons (Fsp3) is 0.250. The van der Waals surface area contributed by atoms with Crippen LogP contribution in [0, 0.1) is 0 Å². The summed E-state index contributed by atoms with van der Waals surface area (Å²) in [7, 11) is 0. The zero-order chi connectivity index (χ0) is 19.9. The van der Waals surface area contributed by atoms with E-state index in [1.54, 1.807) is 41.3 Å². The Morgan fingerprint density at radius 1 is 0.857 bits per heavy atom. The van der Waals surface area contributed by atoms with E-state index in [1.807, 2.05) is 18.2 Å². The van der Waals surface area contributed by atoms with Crippen molar-refractivity contribution in [1.29, 1.82) is 0 Å². The monoisotopic (exact) mass is 444 g/mol. The lowest BCUT2D eigenvalue weighted by molar-refractivity contribution is 0.0899. The molecule has 2 aromatic carbocycles. The lowest BCUT2D eigenvalue weighted by Gasteiger charge is -2.32. The minimum atomic E-state index is -0.397. The maximum atomic E-state index is 12.3. The highest BCUT2D eigenvalue weighted by Gasteiger charge is 2.24. The molecule has 3 N–H and O–H groups in total. The summed E-state index contributed by atoms with van der Waals surface area (Å²) in [6.45, 7) is 0.993. The molecule has 0 radical (unpaired) electrons. The molecule has 0 saturated carbocycles. The molecule has 0 unspecified atom stereocenters. The number of carbonyl (C=O) groups excluding carboxylic acids is 3. The van der Waals surface area contributed by atoms with Gasteiger partial charge in [-0.2, -0.15) is 0 Å². The number of amides is 4. The van der Waals surface area contributed by atoms with Gasteiger partial charge in [-0.3, -0.25) is 15.0 Å². The lowest BCUT2D eigenvalue weighted by Crippen LogP contribution is -2.53. The summed E-state index contributed by atoms with van der Waals surface area (Å²) in [6, 6.07) is 15.7. The van der Waals surface area contributed by atoms with Crippen LogP contribution in [-0.4, -0.2) is 41.9 Å². The van der Waals surface area contributed by atoms with E-state index in [1.165, 1.54) is 0 Å². The number of halogens is 1. The molecular formula is C20H21BrN4O3. The molecule has 0 atom stereocenters. The van der Waals surface area contributed by atoms with Gasteiger partial charge < -0.3 is 10.2 Å². The Morgan fingerprint density at radius 2 is 1.50 bits per heavy atom. The molecule has 8 heteroatoms. The van der Waals surface area contributed by atoms with E-state index in [9.17, 15) is 14.4 Å². The number of urea groups is 1. The Balaban J connectivity index is 1.43. The van der Waals surface area contributed by atoms with Gasteiger partial charge in [0.25, 0.3) is 11.8 Å². The van der Waals surface area contributed by atoms with Crippen molar-refractivity contribution in [2.75, 3.05) is 13.1 Å². The van der Waals surface area contributed by atoms with E-state index in [0.717, 1.165) is 0 Å². The maximum absolute atomic E-state index is 12.3. The second-order valence-corrected chi connectivity index (χ2v) is 7.32. The lowest BCUT2D eigenvalue weighted by atomic mass is 10.0. The third-order valence-corrected chi connectivity index (χ3v) is 5.25. The zero-order valence-corrected chi connectivity index (χ0v) is 16.7. The highest BCUT2D eigenvalue weighted by Crippen LogP contribution is 2.15. The number of carbonyl (C=O) groups is 3. The van der Waals surface area contributed by atoms with Crippen LogP contribution < -0.4 is 16.2 Å². The smallest absolute Gasteiger partial charge is 0.336 e. The minimum Gasteiger partial charge on any atom is -0.349 e. The molecule has 1 saturated heterocycles. The molecule has 1 heterocycles. The first-order valence-corrected chi connectivity index (χ1v) is 9.79. The van der Waals surface area contributed by atoms with Crippen LogP contribution in [0.2, 0.25) is 0 Å². The second kappa shape index (κ2) is 9.36. The molecule has 0 spiro atoms. The summed E-state index contributed by atoms with van der Waals surface area (Å²) >= 11 is 3.31. The van der Waals surface area contributed by atoms with Crippen molar-refractivity contribution in [2.24, 2.45) is 0 Å². The summed E-state index contributed by atoms with van der Waals surface area (Å²) in [5, 5.41) is 3.00. The van der Waals surface area contributed by atoms with Crippen LogP contribution in [0.1, 0.15) is 33.6 Å². The van der Waals surface area contributed by atoms with E-state index in [2.05, 4.69) is 32.1 Å². The van der Waals surface area contributed by atoms with Crippen LogP contribution in [0.4, 0.5) is 4.79 Å². The first-order valence-electron chi connectivity index (χ1n) is 9.00. The molecule has 0 aromatic heterocycles. The van der Waals surface area contributed by atoms with Crippen molar-refractivity contribution in [3.8, 4) is 0 Å². The Bertz CT molecular complexity index is 852. The molecule has 0 aliphatic carbocycles. The predicted octanol–water partition coefficient (Wildman–Crippen LogP) is 2.70. The quantitative estimate of drug-likeness (QED) is 0.635. The third kappa shape index (κ3) is 5.10. The predicted molar refractivity (Wildman–Crippen MR) is 109 cm³/mol. The van der Waals surface area contributed by atoms with Gasteiger partial charge in [0.05, 0.1) is 5.56 Å². The van der Waals surface area contributed by atoms with Gasteiger partial charge in [-0.05, 0) is 53.0 Å². The standard InChI is InChI=1S/C20H21BrN4O3/c21-17-9-5-4-8-16(17)19(27)23-24-20(28)25-12-10-15(11-13-25)22-18(26)14-6-2-1-3-7-14/h1-9,15H,10-13H2,(H,22,26)(H,23,27)(H,24,28). The molecule has 1 aliphatic rings. The number of hydrogen-bond acceptors (Lipinski definition) is 3. The number of nitrogens with zero attached hydrogens (tertiary/aromatic N) is 1. The highest BCUT2D eigenvalue weighted by molar-refractivity contribution is 9.10. The molecule has 28 heavy (non-hydrogen) atoms. The third-order valence-electron chi connectivity index (χ3n) is 4.55. The maximum Gasteiger partial charge on any atom is 0.336 e. The Labute approximate surface area is 171 Å². The van der Waals surface area contributed by atoms with Gasteiger partial charge in [0.1, 0.15) is 0 Å². The molecule has 146 valence electrons. The van der Waals surface area contributed by atoms with E-state index in [-0.39, 0.29) is 18.0 Å². The Hall–Kier alpha value is -2.87. The fourth-order valence-electron chi connectivity index (χ4n) is 2.99. The molecule has 0 bridgehead atoms. The Morgan fingerprint density at radius 3 is 2.18 bits per heavy atom. The average Bonchev–Trinajstić information content (AvgIpc) is 2.73. The number of benzene rings is 2. The number of hydrogen-bond donors (Lipinski definition) is 3. The summed E-state index contributed by atoms with van der Waals surface area (Å²) in [6.07, 6.45) is 1.31. The van der Waals surface area contributed by atoms with E-state index >= 15 is 0 Å². The molecular weight excluding hydrogens is 424 g/mol. The topological polar surface area (TPSA) is 90.5 Å². The van der Waals surface area contributed by atoms with Gasteiger partial charge in [-0.1, -0.05) is 30.3 Å². The van der Waals surface area contributed by atoms with Crippen LogP contribution in [-0.2, 0) is 0 Å². The van der Waals surface area contributed by atoms with Crippen molar-refractivity contribution >= 4 is 33.8 Å². The fourth-order valence-corrected chi connectivity index (χ4v) is 3.45. The number of hydrazine groups is 1. The van der Waals surface area contributed by atoms with Crippen molar-refractivity contribution in [3.05, 3.63) is 70.2 Å². The van der Waals surface area contributed by atoms with Gasteiger partial charge in [-0.15, -0.1) is 0 Å². The van der Waals surface area contributed by atoms with Crippen molar-refractivity contribution < 1.29 is 14.4 Å². The largest absolute Gasteiger partial charge is 0.349 e.